The number of aromatic nitrogens is 3. The highest BCUT2D eigenvalue weighted by atomic mass is 79.9. The quantitative estimate of drug-likeness (QED) is 0.207. The predicted octanol–water partition coefficient (Wildman–Crippen LogP) is 0.725. The molecule has 4 rings (SSSR count). The third-order valence-corrected chi connectivity index (χ3v) is 8.07. The molecule has 2 aliphatic heterocycles. The number of carboxylic acid groups (broad SMARTS) is 2. The molecule has 2 unspecified atom stereocenters. The smallest absolute Gasteiger partial charge is 0.352 e. The van der Waals surface area contributed by atoms with Crippen LogP contribution in [0.4, 0.5) is 0 Å². The van der Waals surface area contributed by atoms with E-state index in [2.05, 4.69) is 36.4 Å². The first-order valence-corrected chi connectivity index (χ1v) is 13.0. The second-order valence-electron chi connectivity index (χ2n) is 7.61. The summed E-state index contributed by atoms with van der Waals surface area (Å²) in [7, 11) is 0. The lowest BCUT2D eigenvalue weighted by atomic mass is 10.0. The summed E-state index contributed by atoms with van der Waals surface area (Å²) in [4.78, 5) is 53.5. The molecule has 0 radical (unpaired) electrons. The standard InChI is InChI=1S/C20H19BrN6O6S2/c21-10-3-1-8(2-4-10)13(22)16(30)24-14-17(31)27-15(19(32)33)9(6-34-18(14)27)7-35-20-23-11(25-26-20)5-12(28)29/h1-4,13-14,18H,5-7,22H2,(H,24,30)(H,28,29)(H,32,33)(H,23,25,26)/t13?,14?,18-/m0/s1. The van der Waals surface area contributed by atoms with Crippen LogP contribution < -0.4 is 11.1 Å². The number of carboxylic acids is 2. The molecule has 1 saturated heterocycles. The Balaban J connectivity index is 1.42. The maximum absolute atomic E-state index is 12.8. The van der Waals surface area contributed by atoms with E-state index in [-0.39, 0.29) is 28.9 Å². The van der Waals surface area contributed by atoms with Crippen molar-refractivity contribution in [2.75, 3.05) is 11.5 Å². The van der Waals surface area contributed by atoms with Crippen LogP contribution in [-0.2, 0) is 25.6 Å². The summed E-state index contributed by atoms with van der Waals surface area (Å²) in [5, 5.41) is 27.4. The zero-order valence-corrected chi connectivity index (χ0v) is 21.0. The number of fused-ring (bicyclic) bond motifs is 1. The molecule has 2 aromatic rings. The van der Waals surface area contributed by atoms with Gasteiger partial charge in [-0.25, -0.2) is 9.78 Å². The summed E-state index contributed by atoms with van der Waals surface area (Å²) in [6.45, 7) is 0. The van der Waals surface area contributed by atoms with Gasteiger partial charge in [-0.15, -0.1) is 16.9 Å². The van der Waals surface area contributed by atoms with Crippen molar-refractivity contribution in [1.29, 1.82) is 0 Å². The molecular weight excluding hydrogens is 564 g/mol. The molecule has 1 aromatic carbocycles. The average Bonchev–Trinajstić information content (AvgIpc) is 3.26. The Morgan fingerprint density at radius 2 is 2.03 bits per heavy atom. The lowest BCUT2D eigenvalue weighted by molar-refractivity contribution is -0.150. The molecule has 1 fully saturated rings. The normalized spacial score (nSPS) is 20.2. The molecule has 12 nitrogen and oxygen atoms in total. The second-order valence-corrected chi connectivity index (χ2v) is 10.6. The number of amides is 2. The van der Waals surface area contributed by atoms with Crippen molar-refractivity contribution in [3.8, 4) is 0 Å². The fraction of sp³-hybridized carbons (Fsp3) is 0.300. The molecule has 6 N–H and O–H groups in total. The van der Waals surface area contributed by atoms with E-state index in [0.29, 0.717) is 16.9 Å². The van der Waals surface area contributed by atoms with E-state index >= 15 is 0 Å². The Morgan fingerprint density at radius 1 is 1.31 bits per heavy atom. The number of H-pyrrole nitrogens is 1. The van der Waals surface area contributed by atoms with Gasteiger partial charge in [0.05, 0.1) is 0 Å². The number of β-lactam (4-membered cyclic amide) rings is 1. The number of benzene rings is 1. The number of halogens is 1. The SMILES string of the molecule is NC(C(=O)NC1C(=O)N2C(C(=O)O)=C(CSc3n[nH]c(CC(=O)O)n3)CS[C@@H]12)c1ccc(Br)cc1. The van der Waals surface area contributed by atoms with Crippen molar-refractivity contribution >= 4 is 63.2 Å². The zero-order valence-electron chi connectivity index (χ0n) is 17.8. The van der Waals surface area contributed by atoms with Crippen molar-refractivity contribution in [3.63, 3.8) is 0 Å². The van der Waals surface area contributed by atoms with E-state index < -0.39 is 41.2 Å². The topological polar surface area (TPSA) is 192 Å². The number of hydrogen-bond donors (Lipinski definition) is 5. The van der Waals surface area contributed by atoms with Crippen LogP contribution in [0.25, 0.3) is 0 Å². The van der Waals surface area contributed by atoms with Crippen LogP contribution in [0.2, 0.25) is 0 Å². The summed E-state index contributed by atoms with van der Waals surface area (Å²) >= 11 is 5.78. The van der Waals surface area contributed by atoms with E-state index in [4.69, 9.17) is 10.8 Å². The molecule has 184 valence electrons. The maximum atomic E-state index is 12.8. The van der Waals surface area contributed by atoms with Crippen molar-refractivity contribution in [2.45, 2.75) is 29.0 Å². The van der Waals surface area contributed by atoms with Gasteiger partial charge in [-0.05, 0) is 23.3 Å². The summed E-state index contributed by atoms with van der Waals surface area (Å²) in [6, 6.07) is 5.05. The lowest BCUT2D eigenvalue weighted by Gasteiger charge is -2.49. The van der Waals surface area contributed by atoms with E-state index in [1.165, 1.54) is 16.7 Å². The lowest BCUT2D eigenvalue weighted by Crippen LogP contribution is -2.71. The van der Waals surface area contributed by atoms with Crippen molar-refractivity contribution < 1.29 is 29.4 Å². The van der Waals surface area contributed by atoms with Gasteiger partial charge >= 0.3 is 11.9 Å². The summed E-state index contributed by atoms with van der Waals surface area (Å²) in [5.41, 5.74) is 6.98. The summed E-state index contributed by atoms with van der Waals surface area (Å²) in [6.07, 6.45) is -0.310. The first kappa shape index (κ1) is 25.2. The van der Waals surface area contributed by atoms with Crippen LogP contribution in [0, 0.1) is 0 Å². The zero-order chi connectivity index (χ0) is 25.3. The number of thioether (sulfide) groups is 2. The molecule has 3 heterocycles. The molecule has 15 heteroatoms. The third kappa shape index (κ3) is 5.37. The number of aromatic amines is 1. The minimum atomic E-state index is -1.25. The molecule has 0 bridgehead atoms. The van der Waals surface area contributed by atoms with Gasteiger partial charge in [0, 0.05) is 16.0 Å². The highest BCUT2D eigenvalue weighted by Gasteiger charge is 2.54. The highest BCUT2D eigenvalue weighted by Crippen LogP contribution is 2.41. The number of nitrogens with one attached hydrogen (secondary N) is 2. The Morgan fingerprint density at radius 3 is 2.69 bits per heavy atom. The molecule has 3 atom stereocenters. The monoisotopic (exact) mass is 582 g/mol. The summed E-state index contributed by atoms with van der Waals surface area (Å²) < 4.78 is 0.836. The predicted molar refractivity (Wildman–Crippen MR) is 129 cm³/mol. The van der Waals surface area contributed by atoms with Crippen LogP contribution in [-0.4, -0.2) is 77.0 Å². The molecule has 2 aliphatic rings. The largest absolute Gasteiger partial charge is 0.481 e. The number of nitrogens with two attached hydrogens (primary N) is 1. The first-order chi connectivity index (χ1) is 16.7. The number of hydrogen-bond acceptors (Lipinski definition) is 9. The first-order valence-electron chi connectivity index (χ1n) is 10.1. The van der Waals surface area contributed by atoms with Gasteiger partial charge in [0.25, 0.3) is 5.91 Å². The average molecular weight is 583 g/mol. The number of carbonyl (C=O) groups is 4. The van der Waals surface area contributed by atoms with Crippen molar-refractivity contribution in [2.24, 2.45) is 5.73 Å². The van der Waals surface area contributed by atoms with Gasteiger partial charge in [-0.3, -0.25) is 24.4 Å². The van der Waals surface area contributed by atoms with Gasteiger partial charge in [0.2, 0.25) is 11.1 Å². The Bertz CT molecular complexity index is 1220. The van der Waals surface area contributed by atoms with Crippen LogP contribution in [0.5, 0.6) is 0 Å². The number of nitrogens with zero attached hydrogens (tertiary/aromatic N) is 3. The summed E-state index contributed by atoms with van der Waals surface area (Å²) in [5.74, 6) is -2.67. The molecule has 0 saturated carbocycles. The van der Waals surface area contributed by atoms with Gasteiger partial charge in [-0.1, -0.05) is 39.8 Å². The molecule has 2 amide bonds. The molecule has 0 spiro atoms. The highest BCUT2D eigenvalue weighted by molar-refractivity contribution is 9.10. The maximum Gasteiger partial charge on any atom is 0.352 e. The number of aliphatic carboxylic acids is 2. The Labute approximate surface area is 215 Å². The van der Waals surface area contributed by atoms with Gasteiger partial charge in [0.1, 0.15) is 35.4 Å². The Hall–Kier alpha value is -2.88. The van der Waals surface area contributed by atoms with E-state index in [0.717, 1.165) is 16.2 Å². The van der Waals surface area contributed by atoms with E-state index in [1.807, 2.05) is 0 Å². The minimum Gasteiger partial charge on any atom is -0.481 e. The van der Waals surface area contributed by atoms with Gasteiger partial charge in [0.15, 0.2) is 0 Å². The van der Waals surface area contributed by atoms with Crippen LogP contribution >= 0.6 is 39.5 Å². The fourth-order valence-electron chi connectivity index (χ4n) is 3.58. The van der Waals surface area contributed by atoms with Crippen molar-refractivity contribution in [1.82, 2.24) is 25.4 Å². The fourth-order valence-corrected chi connectivity index (χ4v) is 6.14. The van der Waals surface area contributed by atoms with Gasteiger partial charge in [-0.2, -0.15) is 0 Å². The number of carbonyl (C=O) groups excluding carboxylic acids is 2. The van der Waals surface area contributed by atoms with Crippen molar-refractivity contribution in [3.05, 3.63) is 51.4 Å². The van der Waals surface area contributed by atoms with Crippen LogP contribution in [0.1, 0.15) is 17.4 Å². The molecular formula is C20H19BrN6O6S2. The third-order valence-electron chi connectivity index (χ3n) is 5.26. The number of rotatable bonds is 9. The minimum absolute atomic E-state index is 0.129. The van der Waals surface area contributed by atoms with Crippen LogP contribution in [0.3, 0.4) is 0 Å². The molecule has 0 aliphatic carbocycles. The van der Waals surface area contributed by atoms with Crippen LogP contribution in [0.15, 0.2) is 45.2 Å². The van der Waals surface area contributed by atoms with E-state index in [1.54, 1.807) is 24.3 Å². The molecule has 1 aromatic heterocycles. The second kappa shape index (κ2) is 10.4. The van der Waals surface area contributed by atoms with Gasteiger partial charge < -0.3 is 21.3 Å². The van der Waals surface area contributed by atoms with E-state index in [9.17, 15) is 24.3 Å². The Kier molecular flexibility index (Phi) is 7.49. The molecule has 35 heavy (non-hydrogen) atoms.